The monoisotopic (exact) mass is 647 g/mol. The number of nitrogens with one attached hydrogen (secondary N) is 1. The number of anilines is 1. The maximum absolute atomic E-state index is 16.2. The first-order chi connectivity index (χ1) is 22.6. The van der Waals surface area contributed by atoms with Crippen molar-refractivity contribution >= 4 is 23.6 Å². The highest BCUT2D eigenvalue weighted by atomic mass is 19.1. The molecule has 0 bridgehead atoms. The number of aliphatic imine (C=N–C) groups is 1. The first-order valence-electron chi connectivity index (χ1n) is 13.9. The van der Waals surface area contributed by atoms with Gasteiger partial charge in [0.15, 0.2) is 17.4 Å². The minimum absolute atomic E-state index is 0.0146. The predicted octanol–water partition coefficient (Wildman–Crippen LogP) is 3.94. The molecule has 0 fully saturated rings. The van der Waals surface area contributed by atoms with E-state index in [0.717, 1.165) is 0 Å². The van der Waals surface area contributed by atoms with E-state index in [1.54, 1.807) is 37.3 Å². The van der Waals surface area contributed by atoms with Crippen LogP contribution in [0.15, 0.2) is 72.0 Å². The number of methoxy groups -OCH3 is 1. The van der Waals surface area contributed by atoms with Gasteiger partial charge >= 0.3 is 18.1 Å². The number of halogens is 1. The molecule has 2 aromatic heterocycles. The third kappa shape index (κ3) is 9.00. The molecule has 1 radical (unpaired) electrons. The zero-order chi connectivity index (χ0) is 33.9. The highest BCUT2D eigenvalue weighted by Crippen LogP contribution is 2.36. The Balaban J connectivity index is 1.73. The summed E-state index contributed by atoms with van der Waals surface area (Å²) in [7, 11) is 4.85. The zero-order valence-electron chi connectivity index (χ0n) is 25.8. The van der Waals surface area contributed by atoms with Crippen LogP contribution in [0, 0.1) is 12.9 Å². The van der Waals surface area contributed by atoms with Gasteiger partial charge in [-0.05, 0) is 48.9 Å². The van der Waals surface area contributed by atoms with Crippen molar-refractivity contribution in [3.63, 3.8) is 0 Å². The number of rotatable bonds is 14. The molecule has 0 saturated carbocycles. The lowest BCUT2D eigenvalue weighted by Gasteiger charge is -2.21. The van der Waals surface area contributed by atoms with Gasteiger partial charge in [-0.2, -0.15) is 9.98 Å². The highest BCUT2D eigenvalue weighted by molar-refractivity contribution is 6.02. The molecule has 0 spiro atoms. The summed E-state index contributed by atoms with van der Waals surface area (Å²) in [6.07, 6.45) is 2.15. The van der Waals surface area contributed by atoms with Crippen LogP contribution in [0.5, 0.6) is 17.5 Å². The molecule has 0 aliphatic heterocycles. The van der Waals surface area contributed by atoms with Gasteiger partial charge in [-0.25, -0.2) is 19.2 Å². The molecule has 1 amide bonds. The molecule has 0 unspecified atom stereocenters. The van der Waals surface area contributed by atoms with Crippen molar-refractivity contribution < 1.29 is 37.7 Å². The van der Waals surface area contributed by atoms with Crippen LogP contribution in [0.25, 0.3) is 5.95 Å². The van der Waals surface area contributed by atoms with Crippen molar-refractivity contribution in [3.05, 3.63) is 96.9 Å². The number of hydrogen-bond donors (Lipinski definition) is 2. The van der Waals surface area contributed by atoms with Gasteiger partial charge < -0.3 is 34.7 Å². The topological polar surface area (TPSA) is 187 Å². The van der Waals surface area contributed by atoms with Crippen LogP contribution in [0.3, 0.4) is 0 Å². The average molecular weight is 648 g/mol. The summed E-state index contributed by atoms with van der Waals surface area (Å²) in [5, 5.41) is 7.72. The number of aromatic nitrogens is 5. The van der Waals surface area contributed by atoms with E-state index in [1.165, 1.54) is 43.2 Å². The number of ether oxygens (including phenoxy) is 5. The van der Waals surface area contributed by atoms with Crippen molar-refractivity contribution in [2.75, 3.05) is 32.2 Å². The van der Waals surface area contributed by atoms with Gasteiger partial charge in [0.05, 0.1) is 7.11 Å². The van der Waals surface area contributed by atoms with Crippen LogP contribution in [0.1, 0.15) is 36.8 Å². The van der Waals surface area contributed by atoms with Gasteiger partial charge in [0.1, 0.15) is 44.6 Å². The normalized spacial score (nSPS) is 11.7. The lowest BCUT2D eigenvalue weighted by Crippen LogP contribution is -2.18. The summed E-state index contributed by atoms with van der Waals surface area (Å²) < 4.78 is 43.5. The van der Waals surface area contributed by atoms with Crippen LogP contribution < -0.4 is 25.3 Å². The minimum Gasteiger partial charge on any atom is -0.497 e. The second-order valence-corrected chi connectivity index (χ2v) is 9.74. The third-order valence-corrected chi connectivity index (χ3v) is 6.10. The quantitative estimate of drug-likeness (QED) is 0.0659. The van der Waals surface area contributed by atoms with Crippen molar-refractivity contribution in [1.29, 1.82) is 0 Å². The lowest BCUT2D eigenvalue weighted by atomic mass is 10.0. The molecule has 2 aromatic carbocycles. The Hall–Kier alpha value is -6.06. The standard InChI is InChI=1S/C31H32FN8O7/c1-18(2)17-47-31(42)37-27(33)20-7-9-21(10-8-20)36-26(28-38-30(44-5)40(39-28)29-34-11-6-12-35-29)23-15-22(43-4)16-24(25(23)32)46-14-13-45-19(3)41/h6-12,15-16,26,36H,1,5,13-14,17H2,2-4H3,(H2,33,37,42)/t26-/m1/s1. The van der Waals surface area contributed by atoms with E-state index < -0.39 is 23.9 Å². The van der Waals surface area contributed by atoms with E-state index >= 15 is 4.39 Å². The third-order valence-electron chi connectivity index (χ3n) is 6.10. The van der Waals surface area contributed by atoms with E-state index in [-0.39, 0.29) is 60.5 Å². The number of carbonyl (C=O) groups excluding carboxylic acids is 2. The maximum atomic E-state index is 16.2. The van der Waals surface area contributed by atoms with Crippen LogP contribution in [-0.4, -0.2) is 69.6 Å². The van der Waals surface area contributed by atoms with Crippen molar-refractivity contribution in [2.24, 2.45) is 10.7 Å². The second kappa shape index (κ2) is 15.8. The molecule has 47 heavy (non-hydrogen) atoms. The molecular weight excluding hydrogens is 615 g/mol. The molecule has 0 aliphatic rings. The molecule has 15 nitrogen and oxygen atoms in total. The number of esters is 1. The molecule has 0 saturated heterocycles. The number of amidine groups is 1. The number of benzene rings is 2. The Labute approximate surface area is 269 Å². The number of nitrogens with two attached hydrogens (primary N) is 1. The van der Waals surface area contributed by atoms with Crippen LogP contribution in [0.2, 0.25) is 0 Å². The van der Waals surface area contributed by atoms with E-state index in [4.69, 9.17) is 29.4 Å². The molecule has 4 rings (SSSR count). The molecule has 4 aromatic rings. The predicted molar refractivity (Wildman–Crippen MR) is 167 cm³/mol. The molecule has 245 valence electrons. The van der Waals surface area contributed by atoms with Gasteiger partial charge in [0, 0.05) is 42.2 Å². The number of hydrogen-bond acceptors (Lipinski definition) is 12. The van der Waals surface area contributed by atoms with E-state index in [0.29, 0.717) is 16.8 Å². The maximum Gasteiger partial charge on any atom is 0.435 e. The van der Waals surface area contributed by atoms with E-state index in [9.17, 15) is 9.59 Å². The molecule has 1 atom stereocenters. The van der Waals surface area contributed by atoms with Crippen LogP contribution in [0.4, 0.5) is 14.9 Å². The van der Waals surface area contributed by atoms with Gasteiger partial charge in [-0.3, -0.25) is 4.79 Å². The number of nitrogens with zero attached hydrogens (tertiary/aromatic N) is 6. The van der Waals surface area contributed by atoms with Gasteiger partial charge in [-0.1, -0.05) is 6.58 Å². The molecule has 2 heterocycles. The average Bonchev–Trinajstić information content (AvgIpc) is 3.50. The second-order valence-electron chi connectivity index (χ2n) is 9.74. The Kier molecular flexibility index (Phi) is 11.4. The Morgan fingerprint density at radius 1 is 1.11 bits per heavy atom. The van der Waals surface area contributed by atoms with Crippen molar-refractivity contribution in [2.45, 2.75) is 19.9 Å². The summed E-state index contributed by atoms with van der Waals surface area (Å²) in [6.45, 7) is 6.42. The van der Waals surface area contributed by atoms with E-state index in [2.05, 4.69) is 44.0 Å². The molecule has 16 heteroatoms. The Morgan fingerprint density at radius 2 is 1.83 bits per heavy atom. The fourth-order valence-electron chi connectivity index (χ4n) is 3.99. The lowest BCUT2D eigenvalue weighted by molar-refractivity contribution is -0.141. The zero-order valence-corrected chi connectivity index (χ0v) is 25.8. The molecule has 0 aliphatic carbocycles. The van der Waals surface area contributed by atoms with Gasteiger partial charge in [-0.15, -0.1) is 9.78 Å². The fourth-order valence-corrected chi connectivity index (χ4v) is 3.99. The van der Waals surface area contributed by atoms with Crippen molar-refractivity contribution in [1.82, 2.24) is 24.7 Å². The summed E-state index contributed by atoms with van der Waals surface area (Å²) in [6, 6.07) is 9.74. The number of carbonyl (C=O) groups is 2. The fraction of sp³-hybridized carbons (Fsp3) is 0.226. The van der Waals surface area contributed by atoms with Crippen LogP contribution >= 0.6 is 0 Å². The first-order valence-corrected chi connectivity index (χ1v) is 13.9. The largest absolute Gasteiger partial charge is 0.497 e. The smallest absolute Gasteiger partial charge is 0.435 e. The van der Waals surface area contributed by atoms with Crippen molar-refractivity contribution in [3.8, 4) is 23.5 Å². The van der Waals surface area contributed by atoms with Gasteiger partial charge in [0.2, 0.25) is 0 Å². The number of amides is 1. The van der Waals surface area contributed by atoms with Crippen LogP contribution in [-0.2, 0) is 14.3 Å². The Morgan fingerprint density at radius 3 is 2.47 bits per heavy atom. The van der Waals surface area contributed by atoms with Gasteiger partial charge in [0.25, 0.3) is 5.95 Å². The SMILES string of the molecule is [CH2]Oc1nc([C@H](Nc2ccc(/C(N)=N/C(=O)OCC(=C)C)cc2)c2cc(OC)cc(OCCOC(C)=O)c2F)nn1-c1ncccn1. The minimum atomic E-state index is -1.09. The van der Waals surface area contributed by atoms with E-state index in [1.807, 2.05) is 0 Å². The summed E-state index contributed by atoms with van der Waals surface area (Å²) >= 11 is 0. The summed E-state index contributed by atoms with van der Waals surface area (Å²) in [4.78, 5) is 39.7. The highest BCUT2D eigenvalue weighted by Gasteiger charge is 2.28. The molecule has 3 N–H and O–H groups in total. The molecular formula is C31H32FN8O7. The summed E-state index contributed by atoms with van der Waals surface area (Å²) in [5.41, 5.74) is 7.58. The summed E-state index contributed by atoms with van der Waals surface area (Å²) in [5.74, 6) is -1.08. The first kappa shape index (κ1) is 33.8. The Bertz CT molecular complexity index is 1750.